The first-order chi connectivity index (χ1) is 16.1. The Balaban J connectivity index is 0.00000274. The molecule has 3 heterocycles. The summed E-state index contributed by atoms with van der Waals surface area (Å²) in [5.74, 6) is 2.23. The van der Waals surface area contributed by atoms with Crippen molar-refractivity contribution < 1.29 is 19.0 Å². The SMILES string of the molecule is CCCN(c1ccccn1)c1cccc2c1OC[C@H]2Nc1ccc2c(c1)OC[C@H]2OC(C)=O.[Na]. The molecule has 0 unspecified atom stereocenters. The molecule has 0 aliphatic carbocycles. The van der Waals surface area contributed by atoms with Gasteiger partial charge < -0.3 is 24.4 Å². The van der Waals surface area contributed by atoms with Crippen LogP contribution >= 0.6 is 0 Å². The number of carbonyl (C=O) groups is 1. The Hall–Kier alpha value is -2.74. The van der Waals surface area contributed by atoms with Gasteiger partial charge in [-0.15, -0.1) is 0 Å². The van der Waals surface area contributed by atoms with E-state index in [9.17, 15) is 4.79 Å². The zero-order valence-corrected chi connectivity index (χ0v) is 21.8. The van der Waals surface area contributed by atoms with Gasteiger partial charge in [0.25, 0.3) is 0 Å². The predicted molar refractivity (Wildman–Crippen MR) is 132 cm³/mol. The van der Waals surface area contributed by atoms with Gasteiger partial charge in [-0.05, 0) is 36.8 Å². The number of para-hydroxylation sites is 1. The summed E-state index contributed by atoms with van der Waals surface area (Å²) in [7, 11) is 0. The number of pyridine rings is 1. The second-order valence-corrected chi connectivity index (χ2v) is 8.20. The van der Waals surface area contributed by atoms with Crippen molar-refractivity contribution in [3.8, 4) is 11.5 Å². The van der Waals surface area contributed by atoms with Crippen molar-refractivity contribution in [3.63, 3.8) is 0 Å². The number of ether oxygens (including phenoxy) is 3. The molecule has 0 saturated heterocycles. The second kappa shape index (κ2) is 10.7. The fraction of sp³-hybridized carbons (Fsp3) is 0.308. The monoisotopic (exact) mass is 468 g/mol. The van der Waals surface area contributed by atoms with E-state index in [1.165, 1.54) is 6.92 Å². The average Bonchev–Trinajstić information content (AvgIpc) is 3.42. The largest absolute Gasteiger partial charge is 0.489 e. The summed E-state index contributed by atoms with van der Waals surface area (Å²) < 4.78 is 17.3. The fourth-order valence-electron chi connectivity index (χ4n) is 4.43. The van der Waals surface area contributed by atoms with Crippen molar-refractivity contribution in [2.75, 3.05) is 30.0 Å². The summed E-state index contributed by atoms with van der Waals surface area (Å²) in [6.45, 7) is 5.29. The van der Waals surface area contributed by atoms with Gasteiger partial charge in [-0.3, -0.25) is 4.79 Å². The van der Waals surface area contributed by atoms with Gasteiger partial charge in [0.05, 0.1) is 11.7 Å². The van der Waals surface area contributed by atoms with E-state index in [-0.39, 0.29) is 47.7 Å². The second-order valence-electron chi connectivity index (χ2n) is 8.20. The van der Waals surface area contributed by atoms with E-state index in [1.54, 1.807) is 0 Å². The Morgan fingerprint density at radius 2 is 2.00 bits per heavy atom. The van der Waals surface area contributed by atoms with Crippen LogP contribution in [0.5, 0.6) is 11.5 Å². The maximum atomic E-state index is 11.3. The number of rotatable bonds is 7. The fourth-order valence-corrected chi connectivity index (χ4v) is 4.43. The van der Waals surface area contributed by atoms with Crippen molar-refractivity contribution in [2.45, 2.75) is 32.4 Å². The van der Waals surface area contributed by atoms with Crippen LogP contribution in [-0.2, 0) is 9.53 Å². The van der Waals surface area contributed by atoms with Gasteiger partial charge in [0, 0.05) is 72.1 Å². The number of fused-ring (bicyclic) bond motifs is 2. The first-order valence-electron chi connectivity index (χ1n) is 11.3. The van der Waals surface area contributed by atoms with Crippen LogP contribution in [0, 0.1) is 0 Å². The molecule has 171 valence electrons. The van der Waals surface area contributed by atoms with Gasteiger partial charge in [0.1, 0.15) is 30.5 Å². The van der Waals surface area contributed by atoms with E-state index in [2.05, 4.69) is 40.3 Å². The van der Waals surface area contributed by atoms with Crippen LogP contribution < -0.4 is 19.7 Å². The van der Waals surface area contributed by atoms with Crippen LogP contribution in [0.2, 0.25) is 0 Å². The molecule has 0 bridgehead atoms. The molecule has 2 aromatic carbocycles. The van der Waals surface area contributed by atoms with Crippen molar-refractivity contribution in [1.29, 1.82) is 0 Å². The summed E-state index contributed by atoms with van der Waals surface area (Å²) >= 11 is 0. The van der Waals surface area contributed by atoms with Crippen LogP contribution in [-0.4, -0.2) is 60.3 Å². The maximum absolute atomic E-state index is 11.3. The van der Waals surface area contributed by atoms with E-state index < -0.39 is 0 Å². The maximum Gasteiger partial charge on any atom is 0.303 e. The Bertz CT molecular complexity index is 1160. The molecule has 0 fully saturated rings. The number of carbonyl (C=O) groups excluding carboxylic acids is 1. The first-order valence-corrected chi connectivity index (χ1v) is 11.3. The van der Waals surface area contributed by atoms with E-state index in [1.807, 2.05) is 42.6 Å². The number of hydrogen-bond acceptors (Lipinski definition) is 7. The Morgan fingerprint density at radius 3 is 2.76 bits per heavy atom. The third-order valence-corrected chi connectivity index (χ3v) is 5.86. The summed E-state index contributed by atoms with van der Waals surface area (Å²) in [6, 6.07) is 18.1. The van der Waals surface area contributed by atoms with E-state index in [0.29, 0.717) is 13.2 Å². The van der Waals surface area contributed by atoms with Gasteiger partial charge >= 0.3 is 5.97 Å². The molecule has 2 aliphatic heterocycles. The number of hydrogen-bond donors (Lipinski definition) is 1. The molecule has 5 rings (SSSR count). The molecule has 1 N–H and O–H groups in total. The predicted octanol–water partition coefficient (Wildman–Crippen LogP) is 4.79. The third-order valence-electron chi connectivity index (χ3n) is 5.86. The first kappa shape index (κ1) is 24.4. The third kappa shape index (κ3) is 4.87. The summed E-state index contributed by atoms with van der Waals surface area (Å²) in [5.41, 5.74) is 3.97. The van der Waals surface area contributed by atoms with Crippen LogP contribution in [0.25, 0.3) is 0 Å². The van der Waals surface area contributed by atoms with Crippen LogP contribution in [0.3, 0.4) is 0 Å². The zero-order valence-electron chi connectivity index (χ0n) is 19.8. The quantitative estimate of drug-likeness (QED) is 0.395. The van der Waals surface area contributed by atoms with Gasteiger partial charge in [-0.2, -0.15) is 0 Å². The van der Waals surface area contributed by atoms with E-state index in [0.717, 1.165) is 52.8 Å². The molecule has 8 heteroatoms. The van der Waals surface area contributed by atoms with Crippen molar-refractivity contribution in [2.24, 2.45) is 0 Å². The minimum absolute atomic E-state index is 0. The van der Waals surface area contributed by atoms with Crippen molar-refractivity contribution in [1.82, 2.24) is 4.98 Å². The molecule has 0 amide bonds. The molecule has 0 saturated carbocycles. The topological polar surface area (TPSA) is 72.9 Å². The minimum Gasteiger partial charge on any atom is -0.489 e. The number of nitrogens with one attached hydrogen (secondary N) is 1. The smallest absolute Gasteiger partial charge is 0.303 e. The van der Waals surface area contributed by atoms with Crippen LogP contribution in [0.15, 0.2) is 60.8 Å². The molecule has 2 atom stereocenters. The molecule has 0 spiro atoms. The number of aromatic nitrogens is 1. The van der Waals surface area contributed by atoms with E-state index >= 15 is 0 Å². The zero-order chi connectivity index (χ0) is 22.8. The summed E-state index contributed by atoms with van der Waals surface area (Å²) in [4.78, 5) is 18.1. The van der Waals surface area contributed by atoms with E-state index in [4.69, 9.17) is 14.2 Å². The standard InChI is InChI=1S/C26H27N3O4.Na/c1-3-13-29(25-9-4-5-12-27-25)22-8-6-7-19-21(15-32-26(19)22)28-18-10-11-20-23(14-18)31-16-24(20)33-17(2)30;/h4-12,14,21,24,28H,3,13,15-16H2,1-2H3;/t21-,24-;/m1./s1. The molecule has 3 aromatic rings. The van der Waals surface area contributed by atoms with Gasteiger partial charge in [0.2, 0.25) is 0 Å². The number of benzene rings is 2. The number of nitrogens with zero attached hydrogens (tertiary/aromatic N) is 2. The summed E-state index contributed by atoms with van der Waals surface area (Å²) in [6.07, 6.45) is 2.46. The van der Waals surface area contributed by atoms with Gasteiger partial charge in [0.15, 0.2) is 6.10 Å². The molecular formula is C26H27N3NaO4. The number of anilines is 3. The average molecular weight is 469 g/mol. The molecule has 1 aromatic heterocycles. The summed E-state index contributed by atoms with van der Waals surface area (Å²) in [5, 5.41) is 3.57. The molecule has 1 radical (unpaired) electrons. The normalized spacial score (nSPS) is 17.5. The Morgan fingerprint density at radius 1 is 1.12 bits per heavy atom. The Kier molecular flexibility index (Phi) is 7.66. The van der Waals surface area contributed by atoms with Crippen molar-refractivity contribution in [3.05, 3.63) is 71.9 Å². The van der Waals surface area contributed by atoms with Crippen LogP contribution in [0.1, 0.15) is 43.5 Å². The molecule has 2 aliphatic rings. The van der Waals surface area contributed by atoms with Gasteiger partial charge in [-0.25, -0.2) is 4.98 Å². The minimum atomic E-state index is -0.346. The number of esters is 1. The molecule has 34 heavy (non-hydrogen) atoms. The van der Waals surface area contributed by atoms with Gasteiger partial charge in [-0.1, -0.05) is 25.1 Å². The van der Waals surface area contributed by atoms with Crippen molar-refractivity contribution >= 4 is 52.7 Å². The molecular weight excluding hydrogens is 441 g/mol. The molecule has 7 nitrogen and oxygen atoms in total. The Labute approximate surface area is 221 Å². The van der Waals surface area contributed by atoms with Crippen LogP contribution in [0.4, 0.5) is 17.2 Å².